The number of nitrogens with zero attached hydrogens (tertiary/aromatic N) is 1. The van der Waals surface area contributed by atoms with E-state index in [1.54, 1.807) is 0 Å². The lowest BCUT2D eigenvalue weighted by Crippen LogP contribution is -1.83. The first kappa shape index (κ1) is 9.97. The molecule has 0 aliphatic heterocycles. The number of benzene rings is 1. The molecule has 0 aliphatic rings. The Labute approximate surface area is 89.9 Å². The zero-order chi connectivity index (χ0) is 10.8. The summed E-state index contributed by atoms with van der Waals surface area (Å²) >= 11 is 0. The van der Waals surface area contributed by atoms with Gasteiger partial charge in [-0.2, -0.15) is 0 Å². The van der Waals surface area contributed by atoms with Gasteiger partial charge in [-0.25, -0.2) is 0 Å². The van der Waals surface area contributed by atoms with E-state index in [-0.39, 0.29) is 0 Å². The maximum absolute atomic E-state index is 5.16. The Morgan fingerprint density at radius 2 is 1.80 bits per heavy atom. The minimum atomic E-state index is 0.886. The van der Waals surface area contributed by atoms with Gasteiger partial charge in [0.1, 0.15) is 5.76 Å². The molecule has 78 valence electrons. The highest BCUT2D eigenvalue weighted by molar-refractivity contribution is 5.67. The molecule has 0 N–H and O–H groups in total. The van der Waals surface area contributed by atoms with E-state index in [0.717, 1.165) is 23.4 Å². The van der Waals surface area contributed by atoms with Gasteiger partial charge in [0.25, 0.3) is 0 Å². The molecule has 1 aromatic heterocycles. The Balaban J connectivity index is 2.45. The summed E-state index contributed by atoms with van der Waals surface area (Å²) in [7, 11) is 0. The molecule has 0 atom stereocenters. The lowest BCUT2D eigenvalue weighted by Gasteiger charge is -2.01. The van der Waals surface area contributed by atoms with Crippen LogP contribution in [-0.2, 0) is 6.42 Å². The Kier molecular flexibility index (Phi) is 2.58. The lowest BCUT2D eigenvalue weighted by molar-refractivity contribution is 0.393. The molecule has 2 rings (SSSR count). The van der Waals surface area contributed by atoms with Crippen LogP contribution in [0.2, 0.25) is 0 Å². The minimum Gasteiger partial charge on any atom is -0.361 e. The number of aromatic nitrogens is 1. The van der Waals surface area contributed by atoms with Gasteiger partial charge < -0.3 is 4.52 Å². The predicted molar refractivity (Wildman–Crippen MR) is 60.8 cm³/mol. The van der Waals surface area contributed by atoms with Crippen molar-refractivity contribution in [1.29, 1.82) is 0 Å². The van der Waals surface area contributed by atoms with Crippen LogP contribution in [0.15, 0.2) is 28.8 Å². The van der Waals surface area contributed by atoms with Gasteiger partial charge in [-0.1, -0.05) is 36.3 Å². The summed E-state index contributed by atoms with van der Waals surface area (Å²) in [5.41, 5.74) is 4.61. The monoisotopic (exact) mass is 201 g/mol. The van der Waals surface area contributed by atoms with Crippen LogP contribution in [0.1, 0.15) is 23.9 Å². The average molecular weight is 201 g/mol. The second-order valence-electron chi connectivity index (χ2n) is 3.75. The fourth-order valence-corrected chi connectivity index (χ4v) is 1.80. The molecule has 2 aromatic rings. The molecule has 1 aromatic carbocycles. The summed E-state index contributed by atoms with van der Waals surface area (Å²) in [4.78, 5) is 0. The van der Waals surface area contributed by atoms with Crippen LogP contribution in [0.5, 0.6) is 0 Å². The number of hydrogen-bond acceptors (Lipinski definition) is 2. The molecule has 0 radical (unpaired) electrons. The zero-order valence-electron chi connectivity index (χ0n) is 9.37. The van der Waals surface area contributed by atoms with Crippen LogP contribution in [0, 0.1) is 13.8 Å². The average Bonchev–Trinajstić information content (AvgIpc) is 2.59. The molecule has 0 unspecified atom stereocenters. The van der Waals surface area contributed by atoms with Crippen molar-refractivity contribution in [3.63, 3.8) is 0 Å². The molecule has 0 amide bonds. The van der Waals surface area contributed by atoms with Crippen molar-refractivity contribution < 1.29 is 4.52 Å². The van der Waals surface area contributed by atoms with E-state index in [4.69, 9.17) is 4.52 Å². The summed E-state index contributed by atoms with van der Waals surface area (Å²) < 4.78 is 5.16. The maximum atomic E-state index is 5.16. The highest BCUT2D eigenvalue weighted by Gasteiger charge is 2.10. The van der Waals surface area contributed by atoms with Crippen LogP contribution < -0.4 is 0 Å². The molecular weight excluding hydrogens is 186 g/mol. The normalized spacial score (nSPS) is 10.6. The SMILES string of the molecule is CCc1ccc(-c2c(C)noc2C)cc1. The molecule has 0 aliphatic carbocycles. The van der Waals surface area contributed by atoms with E-state index in [1.165, 1.54) is 11.1 Å². The molecule has 0 saturated heterocycles. The summed E-state index contributed by atoms with van der Waals surface area (Å²) in [6, 6.07) is 8.57. The maximum Gasteiger partial charge on any atom is 0.141 e. The number of aryl methyl sites for hydroxylation is 3. The van der Waals surface area contributed by atoms with Crippen LogP contribution in [0.25, 0.3) is 11.1 Å². The van der Waals surface area contributed by atoms with Crippen LogP contribution in [0.3, 0.4) is 0 Å². The first-order valence-corrected chi connectivity index (χ1v) is 5.24. The quantitative estimate of drug-likeness (QED) is 0.743. The fraction of sp³-hybridized carbons (Fsp3) is 0.308. The molecule has 0 spiro atoms. The molecule has 15 heavy (non-hydrogen) atoms. The standard InChI is InChI=1S/C13H15NO/c1-4-11-5-7-12(8-6-11)13-9(2)14-15-10(13)3/h5-8H,4H2,1-3H3. The number of hydrogen-bond donors (Lipinski definition) is 0. The summed E-state index contributed by atoms with van der Waals surface area (Å²) in [6.07, 6.45) is 1.07. The predicted octanol–water partition coefficient (Wildman–Crippen LogP) is 3.52. The van der Waals surface area contributed by atoms with E-state index in [0.29, 0.717) is 0 Å². The molecule has 1 heterocycles. The van der Waals surface area contributed by atoms with Crippen LogP contribution in [-0.4, -0.2) is 5.16 Å². The fourth-order valence-electron chi connectivity index (χ4n) is 1.80. The summed E-state index contributed by atoms with van der Waals surface area (Å²) in [5.74, 6) is 0.886. The molecule has 2 nitrogen and oxygen atoms in total. The minimum absolute atomic E-state index is 0.886. The van der Waals surface area contributed by atoms with E-state index < -0.39 is 0 Å². The van der Waals surface area contributed by atoms with Gasteiger partial charge in [0.05, 0.1) is 5.69 Å². The molecule has 0 saturated carbocycles. The van der Waals surface area contributed by atoms with Crippen molar-refractivity contribution in [1.82, 2.24) is 5.16 Å². The Morgan fingerprint density at radius 3 is 2.27 bits per heavy atom. The van der Waals surface area contributed by atoms with Crippen molar-refractivity contribution in [3.05, 3.63) is 41.3 Å². The van der Waals surface area contributed by atoms with Crippen molar-refractivity contribution in [2.45, 2.75) is 27.2 Å². The van der Waals surface area contributed by atoms with Gasteiger partial charge in [0.15, 0.2) is 0 Å². The van der Waals surface area contributed by atoms with E-state index in [9.17, 15) is 0 Å². The Morgan fingerprint density at radius 1 is 1.13 bits per heavy atom. The van der Waals surface area contributed by atoms with Gasteiger partial charge in [-0.05, 0) is 31.4 Å². The lowest BCUT2D eigenvalue weighted by atomic mass is 10.0. The van der Waals surface area contributed by atoms with Gasteiger partial charge >= 0.3 is 0 Å². The van der Waals surface area contributed by atoms with E-state index in [2.05, 4.69) is 36.3 Å². The highest BCUT2D eigenvalue weighted by atomic mass is 16.5. The topological polar surface area (TPSA) is 26.0 Å². The largest absolute Gasteiger partial charge is 0.361 e. The zero-order valence-corrected chi connectivity index (χ0v) is 9.37. The third-order valence-corrected chi connectivity index (χ3v) is 2.68. The second-order valence-corrected chi connectivity index (χ2v) is 3.75. The van der Waals surface area contributed by atoms with Crippen molar-refractivity contribution in [2.75, 3.05) is 0 Å². The number of rotatable bonds is 2. The first-order chi connectivity index (χ1) is 7.22. The molecule has 2 heteroatoms. The Bertz CT molecular complexity index is 434. The van der Waals surface area contributed by atoms with Gasteiger partial charge in [-0.3, -0.25) is 0 Å². The van der Waals surface area contributed by atoms with E-state index >= 15 is 0 Å². The summed E-state index contributed by atoms with van der Waals surface area (Å²) in [6.45, 7) is 6.08. The van der Waals surface area contributed by atoms with E-state index in [1.807, 2.05) is 13.8 Å². The summed E-state index contributed by atoms with van der Waals surface area (Å²) in [5, 5.41) is 3.96. The third-order valence-electron chi connectivity index (χ3n) is 2.68. The molecular formula is C13H15NO. The second kappa shape index (κ2) is 3.89. The van der Waals surface area contributed by atoms with Crippen molar-refractivity contribution in [2.24, 2.45) is 0 Å². The van der Waals surface area contributed by atoms with Gasteiger partial charge in [0, 0.05) is 5.56 Å². The molecule has 0 bridgehead atoms. The van der Waals surface area contributed by atoms with Crippen LogP contribution in [0.4, 0.5) is 0 Å². The Hall–Kier alpha value is -1.57. The van der Waals surface area contributed by atoms with Crippen LogP contribution >= 0.6 is 0 Å². The van der Waals surface area contributed by atoms with Gasteiger partial charge in [-0.15, -0.1) is 0 Å². The van der Waals surface area contributed by atoms with Gasteiger partial charge in [0.2, 0.25) is 0 Å². The smallest absolute Gasteiger partial charge is 0.141 e. The highest BCUT2D eigenvalue weighted by Crippen LogP contribution is 2.26. The van der Waals surface area contributed by atoms with Crippen molar-refractivity contribution >= 4 is 0 Å². The molecule has 0 fully saturated rings. The third kappa shape index (κ3) is 1.80. The first-order valence-electron chi connectivity index (χ1n) is 5.24. The van der Waals surface area contributed by atoms with Crippen molar-refractivity contribution in [3.8, 4) is 11.1 Å².